The zero-order valence-corrected chi connectivity index (χ0v) is 15.4. The molecule has 0 radical (unpaired) electrons. The third kappa shape index (κ3) is 6.15. The highest BCUT2D eigenvalue weighted by Gasteiger charge is 2.09. The second-order valence-electron chi connectivity index (χ2n) is 4.90. The van der Waals surface area contributed by atoms with Crippen molar-refractivity contribution in [3.8, 4) is 0 Å². The van der Waals surface area contributed by atoms with Gasteiger partial charge in [0, 0.05) is 20.9 Å². The third-order valence-corrected chi connectivity index (χ3v) is 4.13. The molecule has 0 fully saturated rings. The van der Waals surface area contributed by atoms with Gasteiger partial charge < -0.3 is 4.84 Å². The molecule has 0 atom stereocenters. The number of hydroxylamine groups is 1. The van der Waals surface area contributed by atoms with Crippen molar-refractivity contribution in [3.63, 3.8) is 0 Å². The summed E-state index contributed by atoms with van der Waals surface area (Å²) >= 11 is 6.66. The Balaban J connectivity index is 1.70. The van der Waals surface area contributed by atoms with Crippen molar-refractivity contribution in [3.05, 3.63) is 68.6 Å². The fraction of sp³-hybridized carbons (Fsp3) is 0.176. The molecule has 0 aliphatic heterocycles. The number of benzene rings is 2. The number of amides is 1. The first-order valence-electron chi connectivity index (χ1n) is 7.04. The van der Waals surface area contributed by atoms with Gasteiger partial charge in [-0.15, -0.1) is 0 Å². The van der Waals surface area contributed by atoms with Crippen LogP contribution in [0.4, 0.5) is 0 Å². The molecule has 0 bridgehead atoms. The highest BCUT2D eigenvalue weighted by molar-refractivity contribution is 9.10. The molecule has 120 valence electrons. The Bertz CT molecular complexity index is 686. The summed E-state index contributed by atoms with van der Waals surface area (Å²) in [6.07, 6.45) is 1.68. The summed E-state index contributed by atoms with van der Waals surface area (Å²) in [4.78, 5) is 28.2. The Morgan fingerprint density at radius 2 is 1.74 bits per heavy atom. The lowest BCUT2D eigenvalue weighted by Gasteiger charge is -2.06. The van der Waals surface area contributed by atoms with Crippen molar-refractivity contribution >= 4 is 43.7 Å². The van der Waals surface area contributed by atoms with E-state index >= 15 is 0 Å². The first-order valence-corrected chi connectivity index (χ1v) is 8.63. The molecular formula is C17H15Br2NO3. The molecule has 0 aliphatic rings. The fourth-order valence-electron chi connectivity index (χ4n) is 1.93. The second kappa shape index (κ2) is 8.84. The van der Waals surface area contributed by atoms with E-state index in [4.69, 9.17) is 4.84 Å². The topological polar surface area (TPSA) is 55.4 Å². The Hall–Kier alpha value is -1.66. The van der Waals surface area contributed by atoms with Crippen molar-refractivity contribution < 1.29 is 14.4 Å². The molecule has 1 amide bonds. The predicted molar refractivity (Wildman–Crippen MR) is 94.8 cm³/mol. The number of aryl methyl sites for hydroxylation is 1. The van der Waals surface area contributed by atoms with Gasteiger partial charge in [0.25, 0.3) is 5.91 Å². The van der Waals surface area contributed by atoms with Crippen LogP contribution in [0.5, 0.6) is 0 Å². The summed E-state index contributed by atoms with van der Waals surface area (Å²) in [6, 6.07) is 14.8. The molecule has 0 aromatic heterocycles. The average molecular weight is 441 g/mol. The highest BCUT2D eigenvalue weighted by Crippen LogP contribution is 2.13. The Kier molecular flexibility index (Phi) is 6.80. The largest absolute Gasteiger partial charge is 0.341 e. The molecule has 0 spiro atoms. The Labute approximate surface area is 151 Å². The van der Waals surface area contributed by atoms with Crippen LogP contribution in [0.25, 0.3) is 0 Å². The van der Waals surface area contributed by atoms with Crippen LogP contribution in [-0.4, -0.2) is 11.9 Å². The fourth-order valence-corrected chi connectivity index (χ4v) is 2.59. The number of hydrogen-bond acceptors (Lipinski definition) is 3. The second-order valence-corrected chi connectivity index (χ2v) is 6.73. The summed E-state index contributed by atoms with van der Waals surface area (Å²) in [6.45, 7) is 0. The summed E-state index contributed by atoms with van der Waals surface area (Å²) in [7, 11) is 0. The Morgan fingerprint density at radius 1 is 1.00 bits per heavy atom. The molecule has 1 N–H and O–H groups in total. The van der Waals surface area contributed by atoms with E-state index in [-0.39, 0.29) is 6.42 Å². The molecule has 23 heavy (non-hydrogen) atoms. The lowest BCUT2D eigenvalue weighted by atomic mass is 10.1. The van der Waals surface area contributed by atoms with Gasteiger partial charge >= 0.3 is 5.97 Å². The van der Waals surface area contributed by atoms with Gasteiger partial charge in [-0.2, -0.15) is 5.48 Å². The average Bonchev–Trinajstić information content (AvgIpc) is 2.54. The van der Waals surface area contributed by atoms with Crippen LogP contribution < -0.4 is 5.48 Å². The molecule has 2 rings (SSSR count). The maximum absolute atomic E-state index is 11.8. The first kappa shape index (κ1) is 17.7. The van der Waals surface area contributed by atoms with Crippen LogP contribution >= 0.6 is 31.9 Å². The van der Waals surface area contributed by atoms with E-state index in [1.165, 1.54) is 0 Å². The van der Waals surface area contributed by atoms with Crippen molar-refractivity contribution in [2.75, 3.05) is 0 Å². The molecule has 2 aromatic carbocycles. The van der Waals surface area contributed by atoms with E-state index in [0.717, 1.165) is 20.9 Å². The summed E-state index contributed by atoms with van der Waals surface area (Å²) in [5.74, 6) is -0.905. The molecule has 0 aliphatic carbocycles. The van der Waals surface area contributed by atoms with Crippen LogP contribution in [0.2, 0.25) is 0 Å². The molecule has 4 nitrogen and oxygen atoms in total. The van der Waals surface area contributed by atoms with Gasteiger partial charge in [-0.1, -0.05) is 50.1 Å². The van der Waals surface area contributed by atoms with Gasteiger partial charge in [0.1, 0.15) is 0 Å². The standard InChI is InChI=1S/C17H15Br2NO3/c18-14-9-7-12(8-10-14)3-1-6-16(21)23-20-17(22)13-4-2-5-15(19)11-13/h2,4-5,7-11H,1,3,6H2,(H,20,22). The summed E-state index contributed by atoms with van der Waals surface area (Å²) in [5.41, 5.74) is 3.74. The highest BCUT2D eigenvalue weighted by atomic mass is 79.9. The zero-order valence-electron chi connectivity index (χ0n) is 12.2. The normalized spacial score (nSPS) is 10.2. The number of hydrogen-bond donors (Lipinski definition) is 1. The van der Waals surface area contributed by atoms with E-state index in [9.17, 15) is 9.59 Å². The van der Waals surface area contributed by atoms with Crippen LogP contribution in [0.15, 0.2) is 57.5 Å². The molecule has 0 saturated carbocycles. The van der Waals surface area contributed by atoms with Crippen molar-refractivity contribution in [1.29, 1.82) is 0 Å². The monoisotopic (exact) mass is 439 g/mol. The number of nitrogens with one attached hydrogen (secondary N) is 1. The number of rotatable bonds is 5. The van der Waals surface area contributed by atoms with Crippen LogP contribution in [0.1, 0.15) is 28.8 Å². The SMILES string of the molecule is O=C(CCCc1ccc(Br)cc1)ONC(=O)c1cccc(Br)c1. The van der Waals surface area contributed by atoms with Gasteiger partial charge in [-0.05, 0) is 48.7 Å². The zero-order chi connectivity index (χ0) is 16.7. The predicted octanol–water partition coefficient (Wildman–Crippen LogP) is 4.42. The summed E-state index contributed by atoms with van der Waals surface area (Å²) in [5, 5.41) is 0. The van der Waals surface area contributed by atoms with Crippen molar-refractivity contribution in [2.45, 2.75) is 19.3 Å². The molecule has 2 aromatic rings. The lowest BCUT2D eigenvalue weighted by Crippen LogP contribution is -2.27. The van der Waals surface area contributed by atoms with Gasteiger partial charge in [-0.3, -0.25) is 4.79 Å². The van der Waals surface area contributed by atoms with Gasteiger partial charge in [0.2, 0.25) is 0 Å². The summed E-state index contributed by atoms with van der Waals surface area (Å²) < 4.78 is 1.81. The minimum absolute atomic E-state index is 0.245. The maximum Gasteiger partial charge on any atom is 0.332 e. The minimum Gasteiger partial charge on any atom is -0.341 e. The quantitative estimate of drug-likeness (QED) is 0.700. The molecule has 0 heterocycles. The van der Waals surface area contributed by atoms with Crippen molar-refractivity contribution in [2.24, 2.45) is 0 Å². The molecule has 0 unspecified atom stereocenters. The minimum atomic E-state index is -0.453. The van der Waals surface area contributed by atoms with Gasteiger partial charge in [-0.25, -0.2) is 4.79 Å². The van der Waals surface area contributed by atoms with Crippen LogP contribution in [-0.2, 0) is 16.1 Å². The molecular weight excluding hydrogens is 426 g/mol. The van der Waals surface area contributed by atoms with E-state index < -0.39 is 11.9 Å². The van der Waals surface area contributed by atoms with Gasteiger partial charge in [0.05, 0.1) is 0 Å². The molecule has 0 saturated heterocycles. The first-order chi connectivity index (χ1) is 11.0. The van der Waals surface area contributed by atoms with Crippen LogP contribution in [0.3, 0.4) is 0 Å². The van der Waals surface area contributed by atoms with E-state index in [2.05, 4.69) is 37.3 Å². The van der Waals surface area contributed by atoms with Crippen LogP contribution in [0, 0.1) is 0 Å². The van der Waals surface area contributed by atoms with E-state index in [1.807, 2.05) is 30.3 Å². The number of carbonyl (C=O) groups is 2. The van der Waals surface area contributed by atoms with E-state index in [0.29, 0.717) is 12.0 Å². The maximum atomic E-state index is 11.8. The van der Waals surface area contributed by atoms with E-state index in [1.54, 1.807) is 18.2 Å². The Morgan fingerprint density at radius 3 is 2.43 bits per heavy atom. The third-order valence-electron chi connectivity index (χ3n) is 3.10. The number of halogens is 2. The van der Waals surface area contributed by atoms with Crippen molar-refractivity contribution in [1.82, 2.24) is 5.48 Å². The lowest BCUT2D eigenvalue weighted by molar-refractivity contribution is -0.149. The molecule has 6 heteroatoms. The number of carbonyl (C=O) groups excluding carboxylic acids is 2. The van der Waals surface area contributed by atoms with Gasteiger partial charge in [0.15, 0.2) is 0 Å². The smallest absolute Gasteiger partial charge is 0.332 e.